The first-order chi connectivity index (χ1) is 8.74. The molecular weight excluding hydrogens is 290 g/mol. The van der Waals surface area contributed by atoms with Crippen LogP contribution in [0.4, 0.5) is 0 Å². The SMILES string of the molecule is CCC(C)[C@@H](O)[C@@H](N)c1ccc(O[Si](C)(C)C)cc1.Cl. The average molecular weight is 318 g/mol. The molecule has 0 aliphatic heterocycles. The number of aliphatic hydroxyl groups excluding tert-OH is 1. The lowest BCUT2D eigenvalue weighted by Gasteiger charge is -2.25. The van der Waals surface area contributed by atoms with Crippen molar-refractivity contribution in [1.29, 1.82) is 0 Å². The standard InChI is InChI=1S/C15H27NO2Si.ClH/c1-6-11(2)15(17)14(16)12-7-9-13(10-8-12)18-19(3,4)5;/h7-11,14-15,17H,6,16H2,1-5H3;1H/t11?,14-,15+;/m0./s1. The lowest BCUT2D eigenvalue weighted by Crippen LogP contribution is -2.31. The Morgan fingerprint density at radius 3 is 2.10 bits per heavy atom. The molecule has 3 nitrogen and oxygen atoms in total. The molecule has 0 aromatic heterocycles. The van der Waals surface area contributed by atoms with Crippen LogP contribution >= 0.6 is 12.4 Å². The molecule has 116 valence electrons. The van der Waals surface area contributed by atoms with Crippen LogP contribution in [0.15, 0.2) is 24.3 Å². The van der Waals surface area contributed by atoms with Gasteiger partial charge in [-0.2, -0.15) is 0 Å². The lowest BCUT2D eigenvalue weighted by atomic mass is 9.92. The minimum Gasteiger partial charge on any atom is -0.544 e. The number of halogens is 1. The molecule has 0 aliphatic carbocycles. The molecule has 0 bridgehead atoms. The van der Waals surface area contributed by atoms with Gasteiger partial charge < -0.3 is 15.3 Å². The summed E-state index contributed by atoms with van der Waals surface area (Å²) in [6.07, 6.45) is 0.417. The van der Waals surface area contributed by atoms with E-state index in [-0.39, 0.29) is 24.4 Å². The minimum atomic E-state index is -1.57. The Balaban J connectivity index is 0.00000361. The van der Waals surface area contributed by atoms with E-state index in [2.05, 4.69) is 26.6 Å². The molecule has 1 unspecified atom stereocenters. The van der Waals surface area contributed by atoms with Crippen LogP contribution in [0.1, 0.15) is 31.9 Å². The van der Waals surface area contributed by atoms with E-state index in [0.29, 0.717) is 0 Å². The Morgan fingerprint density at radius 1 is 1.20 bits per heavy atom. The number of hydrogen-bond acceptors (Lipinski definition) is 3. The Morgan fingerprint density at radius 2 is 1.70 bits per heavy atom. The van der Waals surface area contributed by atoms with Gasteiger partial charge in [-0.1, -0.05) is 32.4 Å². The first kappa shape index (κ1) is 19.4. The molecule has 0 radical (unpaired) electrons. The van der Waals surface area contributed by atoms with Crippen LogP contribution in [0, 0.1) is 5.92 Å². The maximum atomic E-state index is 10.1. The van der Waals surface area contributed by atoms with Crippen molar-refractivity contribution in [2.24, 2.45) is 11.7 Å². The van der Waals surface area contributed by atoms with E-state index in [1.165, 1.54) is 0 Å². The highest BCUT2D eigenvalue weighted by atomic mass is 35.5. The number of aliphatic hydroxyl groups is 1. The minimum absolute atomic E-state index is 0. The number of hydrogen-bond donors (Lipinski definition) is 2. The summed E-state index contributed by atoms with van der Waals surface area (Å²) in [7, 11) is -1.57. The molecule has 0 saturated heterocycles. The normalized spacial score (nSPS) is 15.9. The number of rotatable bonds is 6. The van der Waals surface area contributed by atoms with Crippen molar-refractivity contribution in [3.05, 3.63) is 29.8 Å². The second kappa shape index (κ2) is 8.03. The fourth-order valence-electron chi connectivity index (χ4n) is 1.90. The molecular formula is C15H28ClNO2Si. The van der Waals surface area contributed by atoms with Crippen molar-refractivity contribution in [2.45, 2.75) is 52.1 Å². The van der Waals surface area contributed by atoms with E-state index < -0.39 is 14.4 Å². The van der Waals surface area contributed by atoms with Crippen molar-refractivity contribution in [1.82, 2.24) is 0 Å². The molecule has 20 heavy (non-hydrogen) atoms. The molecule has 0 aliphatic rings. The first-order valence-corrected chi connectivity index (χ1v) is 10.4. The molecule has 3 N–H and O–H groups in total. The highest BCUT2D eigenvalue weighted by Crippen LogP contribution is 2.24. The van der Waals surface area contributed by atoms with Gasteiger partial charge in [0.05, 0.1) is 12.1 Å². The molecule has 0 fully saturated rings. The third kappa shape index (κ3) is 5.83. The second-order valence-corrected chi connectivity index (χ2v) is 10.6. The summed E-state index contributed by atoms with van der Waals surface area (Å²) < 4.78 is 5.90. The van der Waals surface area contributed by atoms with Crippen LogP contribution in [0.25, 0.3) is 0 Å². The van der Waals surface area contributed by atoms with Crippen LogP contribution in [-0.4, -0.2) is 19.5 Å². The van der Waals surface area contributed by atoms with Gasteiger partial charge in [0.25, 0.3) is 0 Å². The highest BCUT2D eigenvalue weighted by molar-refractivity contribution is 6.70. The monoisotopic (exact) mass is 317 g/mol. The average Bonchev–Trinajstić information content (AvgIpc) is 2.35. The molecule has 0 spiro atoms. The predicted octanol–water partition coefficient (Wildman–Crippen LogP) is 3.73. The molecule has 1 aromatic rings. The summed E-state index contributed by atoms with van der Waals surface area (Å²) in [6, 6.07) is 7.45. The van der Waals surface area contributed by atoms with Gasteiger partial charge in [-0.3, -0.25) is 0 Å². The predicted molar refractivity (Wildman–Crippen MR) is 90.1 cm³/mol. The van der Waals surface area contributed by atoms with Crippen LogP contribution in [0.2, 0.25) is 19.6 Å². The van der Waals surface area contributed by atoms with E-state index >= 15 is 0 Å². The van der Waals surface area contributed by atoms with Gasteiger partial charge in [0.1, 0.15) is 5.75 Å². The summed E-state index contributed by atoms with van der Waals surface area (Å²) in [4.78, 5) is 0. The fourth-order valence-corrected chi connectivity index (χ4v) is 2.75. The quantitative estimate of drug-likeness (QED) is 0.786. The fraction of sp³-hybridized carbons (Fsp3) is 0.600. The van der Waals surface area contributed by atoms with Crippen molar-refractivity contribution in [3.63, 3.8) is 0 Å². The van der Waals surface area contributed by atoms with Crippen LogP contribution in [-0.2, 0) is 0 Å². The Labute approximate surface area is 130 Å². The Kier molecular flexibility index (Phi) is 7.81. The van der Waals surface area contributed by atoms with Crippen LogP contribution in [0.5, 0.6) is 5.75 Å². The zero-order valence-corrected chi connectivity index (χ0v) is 14.9. The van der Waals surface area contributed by atoms with Crippen molar-refractivity contribution in [2.75, 3.05) is 0 Å². The highest BCUT2D eigenvalue weighted by Gasteiger charge is 2.22. The zero-order valence-electron chi connectivity index (χ0n) is 13.1. The second-order valence-electron chi connectivity index (χ2n) is 6.19. The summed E-state index contributed by atoms with van der Waals surface area (Å²) in [5.41, 5.74) is 7.06. The van der Waals surface area contributed by atoms with Crippen LogP contribution in [0.3, 0.4) is 0 Å². The van der Waals surface area contributed by atoms with Crippen molar-refractivity contribution in [3.8, 4) is 5.75 Å². The number of nitrogens with two attached hydrogens (primary N) is 1. The summed E-state index contributed by atoms with van der Waals surface area (Å²) >= 11 is 0. The largest absolute Gasteiger partial charge is 0.544 e. The van der Waals surface area contributed by atoms with Crippen molar-refractivity contribution < 1.29 is 9.53 Å². The van der Waals surface area contributed by atoms with Gasteiger partial charge in [0.2, 0.25) is 8.32 Å². The molecule has 3 atom stereocenters. The van der Waals surface area contributed by atoms with Gasteiger partial charge in [0, 0.05) is 0 Å². The van der Waals surface area contributed by atoms with Gasteiger partial charge in [-0.25, -0.2) is 0 Å². The van der Waals surface area contributed by atoms with E-state index in [9.17, 15) is 5.11 Å². The summed E-state index contributed by atoms with van der Waals surface area (Å²) in [6.45, 7) is 10.5. The topological polar surface area (TPSA) is 55.5 Å². The van der Waals surface area contributed by atoms with Crippen LogP contribution < -0.4 is 10.2 Å². The maximum Gasteiger partial charge on any atom is 0.242 e. The van der Waals surface area contributed by atoms with Crippen molar-refractivity contribution >= 4 is 20.7 Å². The molecule has 0 amide bonds. The first-order valence-electron chi connectivity index (χ1n) is 6.97. The zero-order chi connectivity index (χ0) is 14.6. The van der Waals surface area contributed by atoms with E-state index in [0.717, 1.165) is 17.7 Å². The Hall–Kier alpha value is -0.553. The smallest absolute Gasteiger partial charge is 0.242 e. The van der Waals surface area contributed by atoms with Gasteiger partial charge in [0.15, 0.2) is 0 Å². The molecule has 5 heteroatoms. The maximum absolute atomic E-state index is 10.1. The molecule has 1 rings (SSSR count). The van der Waals surface area contributed by atoms with E-state index in [1.807, 2.05) is 31.2 Å². The summed E-state index contributed by atoms with van der Waals surface area (Å²) in [5.74, 6) is 1.08. The molecule has 1 aromatic carbocycles. The van der Waals surface area contributed by atoms with E-state index in [4.69, 9.17) is 10.2 Å². The lowest BCUT2D eigenvalue weighted by molar-refractivity contribution is 0.0880. The Bertz CT molecular complexity index is 392. The van der Waals surface area contributed by atoms with Gasteiger partial charge >= 0.3 is 0 Å². The van der Waals surface area contributed by atoms with Gasteiger partial charge in [-0.15, -0.1) is 12.4 Å². The number of benzene rings is 1. The molecule has 0 heterocycles. The summed E-state index contributed by atoms with van der Waals surface area (Å²) in [5, 5.41) is 10.1. The van der Waals surface area contributed by atoms with E-state index in [1.54, 1.807) is 0 Å². The third-order valence-corrected chi connectivity index (χ3v) is 4.13. The third-order valence-electron chi connectivity index (χ3n) is 3.28. The van der Waals surface area contributed by atoms with Gasteiger partial charge in [-0.05, 0) is 43.3 Å². The molecule has 0 saturated carbocycles.